The van der Waals surface area contributed by atoms with Crippen molar-refractivity contribution < 1.29 is 8.91 Å². The Morgan fingerprint density at radius 3 is 2.73 bits per heavy atom. The second-order valence-corrected chi connectivity index (χ2v) is 9.08. The molecule has 0 spiro atoms. The van der Waals surface area contributed by atoms with Crippen LogP contribution in [0.15, 0.2) is 64.2 Å². The second-order valence-electron chi connectivity index (χ2n) is 9.08. The molecule has 5 aromatic rings. The molecule has 0 amide bonds. The number of halogens is 1. The molecule has 0 aliphatic heterocycles. The maximum atomic E-state index is 14.6. The number of nitrogens with two attached hydrogens (primary N) is 1. The zero-order valence-electron chi connectivity index (χ0n) is 19.9. The summed E-state index contributed by atoms with van der Waals surface area (Å²) in [6.45, 7) is 2.24. The molecular weight excluding hydrogens is 475 g/mol. The standard InChI is InChI=1S/C26H23FN8O2/c1-14(12-29-23-20(21(28)30-13-31-23)25-33-22(34-37-25)15-10-11-15)24-32-18-9-5-8-17(27)19(18)26(36)35(24)16-6-3-2-4-7-16/h2-9,13-15H,10-12H2,1H3,(H3,28,29,30,31). The summed E-state index contributed by atoms with van der Waals surface area (Å²) in [6, 6.07) is 13.5. The zero-order chi connectivity index (χ0) is 25.5. The molecule has 1 aliphatic carbocycles. The van der Waals surface area contributed by atoms with Crippen LogP contribution in [0.4, 0.5) is 16.0 Å². The fraction of sp³-hybridized carbons (Fsp3) is 0.231. The first-order valence-corrected chi connectivity index (χ1v) is 12.0. The van der Waals surface area contributed by atoms with E-state index in [1.165, 1.54) is 17.0 Å². The number of aromatic nitrogens is 6. The molecule has 6 rings (SSSR count). The Morgan fingerprint density at radius 1 is 1.14 bits per heavy atom. The summed E-state index contributed by atoms with van der Waals surface area (Å²) in [5.74, 6) is 1.41. The predicted octanol–water partition coefficient (Wildman–Crippen LogP) is 4.04. The maximum Gasteiger partial charge on any atom is 0.268 e. The summed E-state index contributed by atoms with van der Waals surface area (Å²) < 4.78 is 21.5. The smallest absolute Gasteiger partial charge is 0.268 e. The van der Waals surface area contributed by atoms with E-state index in [0.717, 1.165) is 12.8 Å². The van der Waals surface area contributed by atoms with Gasteiger partial charge in [0, 0.05) is 18.4 Å². The van der Waals surface area contributed by atoms with E-state index in [1.807, 2.05) is 25.1 Å². The summed E-state index contributed by atoms with van der Waals surface area (Å²) in [5.41, 5.74) is 7.00. The molecule has 0 bridgehead atoms. The Hall–Kier alpha value is -4.67. The Morgan fingerprint density at radius 2 is 1.95 bits per heavy atom. The molecule has 10 nitrogen and oxygen atoms in total. The van der Waals surface area contributed by atoms with E-state index in [1.54, 1.807) is 24.3 Å². The van der Waals surface area contributed by atoms with Crippen molar-refractivity contribution in [3.8, 4) is 17.1 Å². The fourth-order valence-electron chi connectivity index (χ4n) is 4.29. The minimum absolute atomic E-state index is 0.0519. The third-order valence-electron chi connectivity index (χ3n) is 6.38. The average molecular weight is 499 g/mol. The van der Waals surface area contributed by atoms with E-state index in [9.17, 15) is 9.18 Å². The van der Waals surface area contributed by atoms with Gasteiger partial charge in [-0.15, -0.1) is 0 Å². The van der Waals surface area contributed by atoms with Crippen molar-refractivity contribution in [3.63, 3.8) is 0 Å². The molecule has 3 heterocycles. The number of hydrogen-bond acceptors (Lipinski definition) is 9. The van der Waals surface area contributed by atoms with Gasteiger partial charge in [-0.1, -0.05) is 36.3 Å². The monoisotopic (exact) mass is 498 g/mol. The summed E-state index contributed by atoms with van der Waals surface area (Å²) in [7, 11) is 0. The normalized spacial score (nSPS) is 14.1. The van der Waals surface area contributed by atoms with Gasteiger partial charge in [-0.25, -0.2) is 19.3 Å². The third kappa shape index (κ3) is 4.18. The molecule has 0 radical (unpaired) electrons. The first-order valence-electron chi connectivity index (χ1n) is 12.0. The van der Waals surface area contributed by atoms with Crippen molar-refractivity contribution in [3.05, 3.63) is 82.7 Å². The topological polar surface area (TPSA) is 138 Å². The first kappa shape index (κ1) is 22.8. The number of para-hydroxylation sites is 1. The van der Waals surface area contributed by atoms with Gasteiger partial charge >= 0.3 is 0 Å². The van der Waals surface area contributed by atoms with Crippen LogP contribution in [-0.4, -0.2) is 36.2 Å². The Bertz CT molecular complexity index is 1660. The van der Waals surface area contributed by atoms with Gasteiger partial charge in [-0.3, -0.25) is 9.36 Å². The van der Waals surface area contributed by atoms with Gasteiger partial charge in [-0.05, 0) is 37.1 Å². The molecule has 1 atom stereocenters. The Kier molecular flexibility index (Phi) is 5.59. The van der Waals surface area contributed by atoms with Crippen LogP contribution >= 0.6 is 0 Å². The molecule has 186 valence electrons. The summed E-state index contributed by atoms with van der Waals surface area (Å²) in [4.78, 5) is 31.1. The number of hydrogen-bond donors (Lipinski definition) is 2. The highest BCUT2D eigenvalue weighted by Crippen LogP contribution is 2.40. The van der Waals surface area contributed by atoms with Crippen molar-refractivity contribution in [2.75, 3.05) is 17.6 Å². The first-order chi connectivity index (χ1) is 18.0. The minimum atomic E-state index is -0.608. The lowest BCUT2D eigenvalue weighted by Gasteiger charge is -2.20. The van der Waals surface area contributed by atoms with E-state index < -0.39 is 11.4 Å². The van der Waals surface area contributed by atoms with Gasteiger partial charge in [0.05, 0.1) is 11.2 Å². The van der Waals surface area contributed by atoms with E-state index >= 15 is 0 Å². The number of anilines is 2. The van der Waals surface area contributed by atoms with Crippen LogP contribution in [0.2, 0.25) is 0 Å². The van der Waals surface area contributed by atoms with Gasteiger partial charge in [0.15, 0.2) is 5.82 Å². The van der Waals surface area contributed by atoms with Crippen LogP contribution in [0.1, 0.15) is 43.3 Å². The largest absolute Gasteiger partial charge is 0.383 e. The quantitative estimate of drug-likeness (QED) is 0.340. The van der Waals surface area contributed by atoms with Gasteiger partial charge in [0.25, 0.3) is 11.4 Å². The molecule has 3 N–H and O–H groups in total. The molecule has 37 heavy (non-hydrogen) atoms. The SMILES string of the molecule is CC(CNc1ncnc(N)c1-c1nc(C2CC2)no1)c1nc2cccc(F)c2c(=O)n1-c1ccccc1. The lowest BCUT2D eigenvalue weighted by atomic mass is 10.1. The van der Waals surface area contributed by atoms with E-state index in [2.05, 4.69) is 25.4 Å². The molecule has 0 saturated heterocycles. The van der Waals surface area contributed by atoms with Crippen molar-refractivity contribution in [2.45, 2.75) is 31.6 Å². The molecule has 1 unspecified atom stereocenters. The number of nitrogens with one attached hydrogen (secondary N) is 1. The van der Waals surface area contributed by atoms with Crippen molar-refractivity contribution in [2.24, 2.45) is 0 Å². The molecular formula is C26H23FN8O2. The minimum Gasteiger partial charge on any atom is -0.383 e. The number of nitrogens with zero attached hydrogens (tertiary/aromatic N) is 6. The fourth-order valence-corrected chi connectivity index (χ4v) is 4.29. The lowest BCUT2D eigenvalue weighted by Crippen LogP contribution is -2.28. The Balaban J connectivity index is 1.37. The number of benzene rings is 2. The predicted molar refractivity (Wildman–Crippen MR) is 136 cm³/mol. The summed E-state index contributed by atoms with van der Waals surface area (Å²) in [5, 5.41) is 7.29. The van der Waals surface area contributed by atoms with E-state index in [-0.39, 0.29) is 23.0 Å². The summed E-state index contributed by atoms with van der Waals surface area (Å²) >= 11 is 0. The number of nitrogen functional groups attached to an aromatic ring is 1. The van der Waals surface area contributed by atoms with E-state index in [4.69, 9.17) is 15.2 Å². The van der Waals surface area contributed by atoms with Gasteiger partial charge in [-0.2, -0.15) is 4.98 Å². The molecule has 1 saturated carbocycles. The van der Waals surface area contributed by atoms with Crippen molar-refractivity contribution in [1.82, 2.24) is 29.7 Å². The van der Waals surface area contributed by atoms with Crippen molar-refractivity contribution in [1.29, 1.82) is 0 Å². The van der Waals surface area contributed by atoms with Gasteiger partial charge in [0.1, 0.15) is 40.6 Å². The number of rotatable bonds is 7. The molecule has 11 heteroatoms. The van der Waals surface area contributed by atoms with E-state index in [0.29, 0.717) is 46.7 Å². The van der Waals surface area contributed by atoms with Gasteiger partial charge in [0.2, 0.25) is 0 Å². The van der Waals surface area contributed by atoms with Crippen LogP contribution in [-0.2, 0) is 0 Å². The second kappa shape index (κ2) is 9.08. The summed E-state index contributed by atoms with van der Waals surface area (Å²) in [6.07, 6.45) is 3.42. The third-order valence-corrected chi connectivity index (χ3v) is 6.38. The highest BCUT2D eigenvalue weighted by atomic mass is 19.1. The molecule has 3 aromatic heterocycles. The highest BCUT2D eigenvalue weighted by Gasteiger charge is 2.30. The van der Waals surface area contributed by atoms with Crippen LogP contribution in [0.25, 0.3) is 28.0 Å². The van der Waals surface area contributed by atoms with Crippen LogP contribution in [0.5, 0.6) is 0 Å². The zero-order valence-corrected chi connectivity index (χ0v) is 19.9. The number of fused-ring (bicyclic) bond motifs is 1. The Labute approximate surface area is 210 Å². The lowest BCUT2D eigenvalue weighted by molar-refractivity contribution is 0.423. The molecule has 2 aromatic carbocycles. The van der Waals surface area contributed by atoms with Crippen LogP contribution in [0, 0.1) is 5.82 Å². The van der Waals surface area contributed by atoms with Crippen LogP contribution < -0.4 is 16.6 Å². The van der Waals surface area contributed by atoms with Crippen molar-refractivity contribution >= 4 is 22.5 Å². The maximum absolute atomic E-state index is 14.6. The molecule has 1 aliphatic rings. The molecule has 1 fully saturated rings. The average Bonchev–Trinajstić information content (AvgIpc) is 3.64. The van der Waals surface area contributed by atoms with Gasteiger partial charge < -0.3 is 15.6 Å². The van der Waals surface area contributed by atoms with Crippen LogP contribution in [0.3, 0.4) is 0 Å². The highest BCUT2D eigenvalue weighted by molar-refractivity contribution is 5.79.